The number of ether oxygens (including phenoxy) is 3. The van der Waals surface area contributed by atoms with Crippen LogP contribution in [0.5, 0.6) is 0 Å². The van der Waals surface area contributed by atoms with Crippen LogP contribution in [0.1, 0.15) is 22.3 Å². The smallest absolute Gasteiger partial charge is 0.341 e. The van der Waals surface area contributed by atoms with E-state index < -0.39 is 5.97 Å². The number of aryl methyl sites for hydroxylation is 1. The van der Waals surface area contributed by atoms with Gasteiger partial charge in [-0.15, -0.1) is 0 Å². The van der Waals surface area contributed by atoms with Crippen LogP contribution in [0.2, 0.25) is 5.02 Å². The first kappa shape index (κ1) is 22.5. The summed E-state index contributed by atoms with van der Waals surface area (Å²) < 4.78 is 15.2. The molecule has 0 aromatic heterocycles. The summed E-state index contributed by atoms with van der Waals surface area (Å²) in [7, 11) is 4.39. The summed E-state index contributed by atoms with van der Waals surface area (Å²) in [6.45, 7) is 2.36. The largest absolute Gasteiger partial charge is 0.503 e. The van der Waals surface area contributed by atoms with Gasteiger partial charge in [0.05, 0.1) is 27.1 Å². The van der Waals surface area contributed by atoms with Gasteiger partial charge in [0.15, 0.2) is 0 Å². The first-order valence-electron chi connectivity index (χ1n) is 8.85. The Bertz CT molecular complexity index is 891. The topological polar surface area (TPSA) is 66.4 Å². The van der Waals surface area contributed by atoms with Crippen molar-refractivity contribution in [2.45, 2.75) is 13.5 Å². The van der Waals surface area contributed by atoms with E-state index in [1.54, 1.807) is 19.2 Å². The summed E-state index contributed by atoms with van der Waals surface area (Å²) in [6, 6.07) is 12.8. The molecule has 0 spiro atoms. The third-order valence-corrected chi connectivity index (χ3v) is 4.44. The highest BCUT2D eigenvalue weighted by atomic mass is 35.5. The van der Waals surface area contributed by atoms with E-state index in [-0.39, 0.29) is 13.2 Å². The third kappa shape index (κ3) is 6.07. The number of benzene rings is 2. The molecule has 0 radical (unpaired) electrons. The van der Waals surface area contributed by atoms with Crippen LogP contribution in [0.25, 0.3) is 5.57 Å². The molecule has 0 N–H and O–H groups in total. The fourth-order valence-electron chi connectivity index (χ4n) is 2.71. The summed E-state index contributed by atoms with van der Waals surface area (Å²) in [6.07, 6.45) is 1.36. The summed E-state index contributed by atoms with van der Waals surface area (Å²) >= 11 is 5.95. The highest BCUT2D eigenvalue weighted by Crippen LogP contribution is 2.24. The van der Waals surface area contributed by atoms with Gasteiger partial charge in [-0.25, -0.2) is 4.79 Å². The zero-order valence-electron chi connectivity index (χ0n) is 16.9. The van der Waals surface area contributed by atoms with Crippen LogP contribution in [-0.4, -0.2) is 39.6 Å². The van der Waals surface area contributed by atoms with E-state index in [1.807, 2.05) is 37.3 Å². The standard InChI is InChI=1S/C22H24ClNO5/c1-15-6-5-7-18(20(12-26-2)22(25)28-4)19(15)13-29-24-21(14-27-3)16-8-10-17(23)11-9-16/h5-12H,13-14H2,1-4H3/b20-12+,24-21+. The van der Waals surface area contributed by atoms with Crippen molar-refractivity contribution in [1.82, 2.24) is 0 Å². The number of halogens is 1. The van der Waals surface area contributed by atoms with Crippen LogP contribution in [0.4, 0.5) is 0 Å². The molecule has 0 saturated carbocycles. The molecule has 29 heavy (non-hydrogen) atoms. The molecule has 0 saturated heterocycles. The van der Waals surface area contributed by atoms with Crippen molar-refractivity contribution < 1.29 is 23.8 Å². The summed E-state index contributed by atoms with van der Waals surface area (Å²) in [5.74, 6) is -0.497. The number of hydrogen-bond acceptors (Lipinski definition) is 6. The maximum absolute atomic E-state index is 12.2. The molecule has 0 aliphatic heterocycles. The molecule has 2 aromatic carbocycles. The average Bonchev–Trinajstić information content (AvgIpc) is 2.72. The Hall–Kier alpha value is -2.83. The molecule has 0 amide bonds. The quantitative estimate of drug-likeness (QED) is 0.199. The van der Waals surface area contributed by atoms with Gasteiger partial charge in [-0.1, -0.05) is 47.1 Å². The first-order chi connectivity index (χ1) is 14.0. The molecule has 0 bridgehead atoms. The van der Waals surface area contributed by atoms with Crippen molar-refractivity contribution in [3.8, 4) is 0 Å². The maximum Gasteiger partial charge on any atom is 0.341 e. The van der Waals surface area contributed by atoms with Crippen LogP contribution in [-0.2, 0) is 30.4 Å². The van der Waals surface area contributed by atoms with Gasteiger partial charge in [0.25, 0.3) is 0 Å². The minimum Gasteiger partial charge on any atom is -0.503 e. The summed E-state index contributed by atoms with van der Waals surface area (Å²) in [5.41, 5.74) is 4.18. The molecule has 154 valence electrons. The van der Waals surface area contributed by atoms with Crippen molar-refractivity contribution >= 4 is 28.9 Å². The minimum absolute atomic E-state index is 0.154. The van der Waals surface area contributed by atoms with E-state index in [0.29, 0.717) is 21.9 Å². The van der Waals surface area contributed by atoms with Gasteiger partial charge < -0.3 is 19.0 Å². The van der Waals surface area contributed by atoms with Crippen LogP contribution in [0.3, 0.4) is 0 Å². The normalized spacial score (nSPS) is 11.9. The number of rotatable bonds is 9. The lowest BCUT2D eigenvalue weighted by Crippen LogP contribution is -2.11. The second-order valence-corrected chi connectivity index (χ2v) is 6.55. The lowest BCUT2D eigenvalue weighted by molar-refractivity contribution is -0.133. The molecule has 0 atom stereocenters. The van der Waals surface area contributed by atoms with Crippen LogP contribution < -0.4 is 0 Å². The minimum atomic E-state index is -0.497. The Morgan fingerprint density at radius 3 is 2.45 bits per heavy atom. The lowest BCUT2D eigenvalue weighted by atomic mass is 9.97. The van der Waals surface area contributed by atoms with Crippen molar-refractivity contribution in [2.75, 3.05) is 27.9 Å². The molecular weight excluding hydrogens is 394 g/mol. The number of carbonyl (C=O) groups excluding carboxylic acids is 1. The molecule has 2 rings (SSSR count). The average molecular weight is 418 g/mol. The zero-order valence-corrected chi connectivity index (χ0v) is 17.7. The van der Waals surface area contributed by atoms with E-state index in [0.717, 1.165) is 16.7 Å². The highest BCUT2D eigenvalue weighted by Gasteiger charge is 2.18. The molecule has 0 heterocycles. The Balaban J connectivity index is 2.31. The first-order valence-corrected chi connectivity index (χ1v) is 9.23. The third-order valence-electron chi connectivity index (χ3n) is 4.18. The molecule has 7 heteroatoms. The van der Waals surface area contributed by atoms with Gasteiger partial charge in [-0.2, -0.15) is 0 Å². The number of esters is 1. The van der Waals surface area contributed by atoms with Crippen molar-refractivity contribution in [2.24, 2.45) is 5.16 Å². The Morgan fingerprint density at radius 2 is 1.83 bits per heavy atom. The van der Waals surface area contributed by atoms with E-state index in [4.69, 9.17) is 30.6 Å². The van der Waals surface area contributed by atoms with E-state index in [1.165, 1.54) is 20.5 Å². The van der Waals surface area contributed by atoms with Gasteiger partial charge in [-0.3, -0.25) is 0 Å². The van der Waals surface area contributed by atoms with Gasteiger partial charge in [0, 0.05) is 23.3 Å². The Labute approximate surface area is 175 Å². The van der Waals surface area contributed by atoms with E-state index in [2.05, 4.69) is 5.16 Å². The van der Waals surface area contributed by atoms with Gasteiger partial charge in [-0.05, 0) is 30.2 Å². The number of oxime groups is 1. The van der Waals surface area contributed by atoms with Crippen LogP contribution in [0.15, 0.2) is 53.9 Å². The van der Waals surface area contributed by atoms with Gasteiger partial charge >= 0.3 is 5.97 Å². The monoisotopic (exact) mass is 417 g/mol. The van der Waals surface area contributed by atoms with Crippen molar-refractivity contribution in [3.05, 3.63) is 76.0 Å². The predicted octanol–water partition coefficient (Wildman–Crippen LogP) is 4.38. The summed E-state index contributed by atoms with van der Waals surface area (Å²) in [5, 5.41) is 4.88. The molecular formula is C22H24ClNO5. The van der Waals surface area contributed by atoms with Gasteiger partial charge in [0.2, 0.25) is 0 Å². The number of methoxy groups -OCH3 is 3. The molecule has 0 aliphatic carbocycles. The molecule has 0 unspecified atom stereocenters. The van der Waals surface area contributed by atoms with E-state index >= 15 is 0 Å². The second-order valence-electron chi connectivity index (χ2n) is 6.11. The van der Waals surface area contributed by atoms with Crippen LogP contribution in [0, 0.1) is 6.92 Å². The number of carbonyl (C=O) groups is 1. The van der Waals surface area contributed by atoms with Crippen LogP contribution >= 0.6 is 11.6 Å². The van der Waals surface area contributed by atoms with E-state index in [9.17, 15) is 4.79 Å². The Kier molecular flexibility index (Phi) is 8.70. The molecule has 2 aromatic rings. The summed E-state index contributed by atoms with van der Waals surface area (Å²) in [4.78, 5) is 17.8. The maximum atomic E-state index is 12.2. The Morgan fingerprint density at radius 1 is 1.10 bits per heavy atom. The highest BCUT2D eigenvalue weighted by molar-refractivity contribution is 6.30. The van der Waals surface area contributed by atoms with Crippen molar-refractivity contribution in [3.63, 3.8) is 0 Å². The second kappa shape index (κ2) is 11.2. The predicted molar refractivity (Wildman–Crippen MR) is 113 cm³/mol. The zero-order chi connectivity index (χ0) is 21.2. The number of nitrogens with zero attached hydrogens (tertiary/aromatic N) is 1. The molecule has 0 aliphatic rings. The fraction of sp³-hybridized carbons (Fsp3) is 0.273. The number of hydrogen-bond donors (Lipinski definition) is 0. The molecule has 6 nitrogen and oxygen atoms in total. The van der Waals surface area contributed by atoms with Gasteiger partial charge in [0.1, 0.15) is 17.9 Å². The van der Waals surface area contributed by atoms with Crippen molar-refractivity contribution in [1.29, 1.82) is 0 Å². The lowest BCUT2D eigenvalue weighted by Gasteiger charge is -2.14. The molecule has 0 fully saturated rings. The SMILES string of the molecule is CO/C=C(/C(=O)OC)c1cccc(C)c1CO/N=C(\COC)c1ccc(Cl)cc1. The fourth-order valence-corrected chi connectivity index (χ4v) is 2.84.